The number of rotatable bonds is 9. The number of hydrogen-bond donors (Lipinski definition) is 0. The van der Waals surface area contributed by atoms with E-state index in [-0.39, 0.29) is 30.8 Å². The quantitative estimate of drug-likeness (QED) is 0.455. The summed E-state index contributed by atoms with van der Waals surface area (Å²) in [6.07, 6.45) is 0.107. The van der Waals surface area contributed by atoms with Crippen molar-refractivity contribution in [2.45, 2.75) is 39.8 Å². The van der Waals surface area contributed by atoms with Crippen LogP contribution in [0.5, 0.6) is 0 Å². The van der Waals surface area contributed by atoms with Gasteiger partial charge >= 0.3 is 5.97 Å². The molecule has 0 unspecified atom stereocenters. The number of carbonyl (C=O) groups is 3. The minimum absolute atomic E-state index is 0.0775. The highest BCUT2D eigenvalue weighted by Gasteiger charge is 2.38. The van der Waals surface area contributed by atoms with Crippen molar-refractivity contribution in [3.63, 3.8) is 0 Å². The highest BCUT2D eigenvalue weighted by molar-refractivity contribution is 5.99. The van der Waals surface area contributed by atoms with E-state index in [1.807, 2.05) is 61.7 Å². The maximum atomic E-state index is 12.6. The SMILES string of the molecule is COCCn1c(C)cc(C(=O)COC(=O)[C@@H]2CC(=O)N([C@@H](C)c3ccccc3)C2)c1C. The summed E-state index contributed by atoms with van der Waals surface area (Å²) >= 11 is 0. The molecular weight excluding hydrogens is 396 g/mol. The zero-order valence-corrected chi connectivity index (χ0v) is 18.6. The Hall–Kier alpha value is -2.93. The summed E-state index contributed by atoms with van der Waals surface area (Å²) in [5, 5.41) is 0. The molecule has 1 amide bonds. The first kappa shape index (κ1) is 22.7. The van der Waals surface area contributed by atoms with Gasteiger partial charge in [-0.2, -0.15) is 0 Å². The third-order valence-electron chi connectivity index (χ3n) is 5.98. The fourth-order valence-electron chi connectivity index (χ4n) is 4.12. The van der Waals surface area contributed by atoms with Crippen molar-refractivity contribution in [3.8, 4) is 0 Å². The fourth-order valence-corrected chi connectivity index (χ4v) is 4.12. The van der Waals surface area contributed by atoms with E-state index in [1.165, 1.54) is 0 Å². The van der Waals surface area contributed by atoms with Crippen LogP contribution in [0.3, 0.4) is 0 Å². The van der Waals surface area contributed by atoms with Gasteiger partial charge in [-0.1, -0.05) is 30.3 Å². The van der Waals surface area contributed by atoms with Crippen LogP contribution in [0.2, 0.25) is 0 Å². The molecule has 0 saturated carbocycles. The van der Waals surface area contributed by atoms with Crippen LogP contribution in [0.15, 0.2) is 36.4 Å². The number of carbonyl (C=O) groups excluding carboxylic acids is 3. The number of likely N-dealkylation sites (tertiary alicyclic amines) is 1. The van der Waals surface area contributed by atoms with E-state index in [9.17, 15) is 14.4 Å². The molecule has 1 fully saturated rings. The van der Waals surface area contributed by atoms with Gasteiger partial charge in [-0.3, -0.25) is 14.4 Å². The van der Waals surface area contributed by atoms with Crippen molar-refractivity contribution >= 4 is 17.7 Å². The van der Waals surface area contributed by atoms with Crippen molar-refractivity contribution in [1.29, 1.82) is 0 Å². The lowest BCUT2D eigenvalue weighted by Gasteiger charge is -2.25. The Kier molecular flexibility index (Phi) is 7.28. The van der Waals surface area contributed by atoms with Crippen molar-refractivity contribution in [2.24, 2.45) is 5.92 Å². The van der Waals surface area contributed by atoms with Gasteiger partial charge < -0.3 is 18.9 Å². The molecule has 1 aliphatic heterocycles. The Bertz CT molecular complexity index is 950. The number of aromatic nitrogens is 1. The lowest BCUT2D eigenvalue weighted by atomic mass is 10.1. The summed E-state index contributed by atoms with van der Waals surface area (Å²) in [6, 6.07) is 11.4. The average Bonchev–Trinajstić information content (AvgIpc) is 3.29. The largest absolute Gasteiger partial charge is 0.457 e. The highest BCUT2D eigenvalue weighted by Crippen LogP contribution is 2.29. The molecule has 0 radical (unpaired) electrons. The number of nitrogens with zero attached hydrogens (tertiary/aromatic N) is 2. The van der Waals surface area contributed by atoms with Crippen LogP contribution in [-0.4, -0.2) is 54.0 Å². The standard InChI is InChI=1S/C24H30N2O5/c1-16-12-21(18(3)25(16)10-11-30-4)22(27)15-31-24(29)20-13-23(28)26(14-20)17(2)19-8-6-5-7-9-19/h5-9,12,17,20H,10-11,13-15H2,1-4H3/t17-,20+/m0/s1. The minimum atomic E-state index is -0.555. The van der Waals surface area contributed by atoms with Gasteiger partial charge in [0.2, 0.25) is 11.7 Å². The smallest absolute Gasteiger partial charge is 0.311 e. The third-order valence-corrected chi connectivity index (χ3v) is 5.98. The Labute approximate surface area is 182 Å². The molecule has 3 rings (SSSR count). The van der Waals surface area contributed by atoms with E-state index < -0.39 is 11.9 Å². The first-order chi connectivity index (χ1) is 14.8. The molecule has 1 saturated heterocycles. The second kappa shape index (κ2) is 9.92. The van der Waals surface area contributed by atoms with Gasteiger partial charge in [0, 0.05) is 43.6 Å². The first-order valence-electron chi connectivity index (χ1n) is 10.5. The summed E-state index contributed by atoms with van der Waals surface area (Å²) in [5.74, 6) is -1.38. The van der Waals surface area contributed by atoms with Crippen LogP contribution in [-0.2, 0) is 25.6 Å². The zero-order chi connectivity index (χ0) is 22.5. The molecule has 7 nitrogen and oxygen atoms in total. The van der Waals surface area contributed by atoms with Crippen molar-refractivity contribution in [2.75, 3.05) is 26.9 Å². The molecule has 2 heterocycles. The normalized spacial score (nSPS) is 17.1. The van der Waals surface area contributed by atoms with Crippen molar-refractivity contribution < 1.29 is 23.9 Å². The molecule has 0 spiro atoms. The number of aryl methyl sites for hydroxylation is 1. The molecular formula is C24H30N2O5. The van der Waals surface area contributed by atoms with Gasteiger partial charge in [0.15, 0.2) is 6.61 Å². The number of esters is 1. The van der Waals surface area contributed by atoms with Gasteiger partial charge in [-0.25, -0.2) is 0 Å². The minimum Gasteiger partial charge on any atom is -0.457 e. The maximum absolute atomic E-state index is 12.6. The number of amides is 1. The molecule has 2 aromatic rings. The maximum Gasteiger partial charge on any atom is 0.311 e. The summed E-state index contributed by atoms with van der Waals surface area (Å²) in [7, 11) is 1.63. The van der Waals surface area contributed by atoms with Crippen LogP contribution in [0.25, 0.3) is 0 Å². The number of hydrogen-bond acceptors (Lipinski definition) is 5. The third kappa shape index (κ3) is 5.05. The van der Waals surface area contributed by atoms with E-state index in [0.29, 0.717) is 25.3 Å². The summed E-state index contributed by atoms with van der Waals surface area (Å²) in [6.45, 7) is 6.92. The van der Waals surface area contributed by atoms with E-state index in [4.69, 9.17) is 9.47 Å². The second-order valence-electron chi connectivity index (χ2n) is 7.99. The van der Waals surface area contributed by atoms with Gasteiger partial charge in [0.1, 0.15) is 0 Å². The number of benzene rings is 1. The summed E-state index contributed by atoms with van der Waals surface area (Å²) in [4.78, 5) is 39.4. The van der Waals surface area contributed by atoms with Gasteiger partial charge in [0.05, 0.1) is 18.6 Å². The van der Waals surface area contributed by atoms with Crippen LogP contribution in [0.1, 0.15) is 46.7 Å². The van der Waals surface area contributed by atoms with Crippen LogP contribution >= 0.6 is 0 Å². The van der Waals surface area contributed by atoms with Crippen LogP contribution in [0, 0.1) is 19.8 Å². The Balaban J connectivity index is 1.58. The summed E-state index contributed by atoms with van der Waals surface area (Å²) in [5.41, 5.74) is 3.35. The van der Waals surface area contributed by atoms with Crippen LogP contribution in [0.4, 0.5) is 0 Å². The Morgan fingerprint density at radius 2 is 1.90 bits per heavy atom. The second-order valence-corrected chi connectivity index (χ2v) is 7.99. The lowest BCUT2D eigenvalue weighted by Crippen LogP contribution is -2.30. The Morgan fingerprint density at radius 1 is 1.19 bits per heavy atom. The molecule has 2 atom stereocenters. The first-order valence-corrected chi connectivity index (χ1v) is 10.5. The molecule has 7 heteroatoms. The van der Waals surface area contributed by atoms with Gasteiger partial charge in [-0.05, 0) is 32.4 Å². The molecule has 1 aromatic carbocycles. The Morgan fingerprint density at radius 3 is 2.58 bits per heavy atom. The fraction of sp³-hybridized carbons (Fsp3) is 0.458. The van der Waals surface area contributed by atoms with E-state index in [2.05, 4.69) is 0 Å². The molecule has 0 aliphatic carbocycles. The predicted octanol–water partition coefficient (Wildman–Crippen LogP) is 3.09. The van der Waals surface area contributed by atoms with Gasteiger partial charge in [0.25, 0.3) is 0 Å². The number of ketones is 1. The monoisotopic (exact) mass is 426 g/mol. The number of methoxy groups -OCH3 is 1. The lowest BCUT2D eigenvalue weighted by molar-refractivity contribution is -0.147. The van der Waals surface area contributed by atoms with Crippen molar-refractivity contribution in [1.82, 2.24) is 9.47 Å². The molecule has 0 N–H and O–H groups in total. The van der Waals surface area contributed by atoms with E-state index in [0.717, 1.165) is 17.0 Å². The zero-order valence-electron chi connectivity index (χ0n) is 18.6. The molecule has 166 valence electrons. The predicted molar refractivity (Wildman–Crippen MR) is 116 cm³/mol. The molecule has 1 aliphatic rings. The molecule has 31 heavy (non-hydrogen) atoms. The molecule has 1 aromatic heterocycles. The number of ether oxygens (including phenoxy) is 2. The van der Waals surface area contributed by atoms with Gasteiger partial charge in [-0.15, -0.1) is 0 Å². The van der Waals surface area contributed by atoms with E-state index in [1.54, 1.807) is 12.0 Å². The number of Topliss-reactive ketones (excluding diaryl/α,β-unsaturated/α-hetero) is 1. The average molecular weight is 427 g/mol. The van der Waals surface area contributed by atoms with E-state index >= 15 is 0 Å². The topological polar surface area (TPSA) is 77.8 Å². The van der Waals surface area contributed by atoms with Crippen molar-refractivity contribution in [3.05, 3.63) is 58.9 Å². The summed E-state index contributed by atoms with van der Waals surface area (Å²) < 4.78 is 12.4. The van der Waals surface area contributed by atoms with Crippen LogP contribution < -0.4 is 0 Å². The highest BCUT2D eigenvalue weighted by atomic mass is 16.5. The molecule has 0 bridgehead atoms.